The van der Waals surface area contributed by atoms with Gasteiger partial charge in [-0.1, -0.05) is 42.5 Å². The van der Waals surface area contributed by atoms with Crippen molar-refractivity contribution >= 4 is 5.69 Å². The molecule has 2 aromatic carbocycles. The summed E-state index contributed by atoms with van der Waals surface area (Å²) in [4.78, 5) is 2.32. The lowest BCUT2D eigenvalue weighted by Crippen LogP contribution is -2.23. The highest BCUT2D eigenvalue weighted by Gasteiger charge is 2.21. The molecule has 3 nitrogen and oxygen atoms in total. The van der Waals surface area contributed by atoms with Crippen LogP contribution in [0.3, 0.4) is 0 Å². The number of nitriles is 1. The van der Waals surface area contributed by atoms with Gasteiger partial charge >= 0.3 is 0 Å². The molecule has 0 atom stereocenters. The third-order valence-electron chi connectivity index (χ3n) is 4.04. The van der Waals surface area contributed by atoms with E-state index in [1.807, 2.05) is 30.3 Å². The van der Waals surface area contributed by atoms with E-state index in [1.165, 1.54) is 11.1 Å². The van der Waals surface area contributed by atoms with Gasteiger partial charge in [-0.05, 0) is 30.0 Å². The van der Waals surface area contributed by atoms with Crippen LogP contribution in [0.1, 0.15) is 23.1 Å². The average molecular weight is 292 g/mol. The molecule has 0 aromatic heterocycles. The minimum atomic E-state index is 0.668. The quantitative estimate of drug-likeness (QED) is 0.764. The van der Waals surface area contributed by atoms with E-state index in [1.54, 1.807) is 0 Å². The van der Waals surface area contributed by atoms with Crippen LogP contribution in [0.15, 0.2) is 48.5 Å². The lowest BCUT2D eigenvalue weighted by atomic mass is 10.1. The standard InChI is InChI=1S/C19H20N2O/c20-14-18-9-4-8-17-10-12-21(19(17)18)11-5-13-22-15-16-6-2-1-3-7-16/h1-4,6-9H,5,10-13,15H2. The van der Waals surface area contributed by atoms with E-state index in [9.17, 15) is 5.26 Å². The highest BCUT2D eigenvalue weighted by molar-refractivity contribution is 5.67. The molecule has 0 bridgehead atoms. The average Bonchev–Trinajstić information content (AvgIpc) is 2.99. The fourth-order valence-electron chi connectivity index (χ4n) is 2.97. The Bertz CT molecular complexity index is 661. The Morgan fingerprint density at radius 1 is 1.09 bits per heavy atom. The maximum atomic E-state index is 9.25. The van der Waals surface area contributed by atoms with Crippen molar-refractivity contribution in [1.82, 2.24) is 0 Å². The summed E-state index contributed by atoms with van der Waals surface area (Å²) in [6, 6.07) is 18.6. The van der Waals surface area contributed by atoms with E-state index >= 15 is 0 Å². The first-order valence-corrected chi connectivity index (χ1v) is 7.77. The van der Waals surface area contributed by atoms with Crippen molar-refractivity contribution in [2.24, 2.45) is 0 Å². The van der Waals surface area contributed by atoms with Crippen LogP contribution in [0.2, 0.25) is 0 Å². The molecule has 0 fully saturated rings. The molecule has 1 aliphatic heterocycles. The van der Waals surface area contributed by atoms with Crippen LogP contribution in [0, 0.1) is 11.3 Å². The largest absolute Gasteiger partial charge is 0.377 e. The van der Waals surface area contributed by atoms with Crippen LogP contribution < -0.4 is 4.90 Å². The molecule has 0 saturated heterocycles. The molecular weight excluding hydrogens is 272 g/mol. The maximum Gasteiger partial charge on any atom is 0.101 e. The van der Waals surface area contributed by atoms with Gasteiger partial charge in [0.15, 0.2) is 0 Å². The zero-order valence-corrected chi connectivity index (χ0v) is 12.7. The van der Waals surface area contributed by atoms with Crippen molar-refractivity contribution < 1.29 is 4.74 Å². The third-order valence-corrected chi connectivity index (χ3v) is 4.04. The number of hydrogen-bond donors (Lipinski definition) is 0. The topological polar surface area (TPSA) is 36.3 Å². The predicted octanol–water partition coefficient (Wildman–Crippen LogP) is 3.53. The van der Waals surface area contributed by atoms with Gasteiger partial charge in [0, 0.05) is 19.7 Å². The molecule has 0 aliphatic carbocycles. The number of nitrogens with zero attached hydrogens (tertiary/aromatic N) is 2. The van der Waals surface area contributed by atoms with Gasteiger partial charge < -0.3 is 9.64 Å². The van der Waals surface area contributed by atoms with Crippen molar-refractivity contribution in [2.45, 2.75) is 19.4 Å². The number of para-hydroxylation sites is 1. The summed E-state index contributed by atoms with van der Waals surface area (Å²) in [6.07, 6.45) is 2.02. The third kappa shape index (κ3) is 3.29. The lowest BCUT2D eigenvalue weighted by molar-refractivity contribution is 0.119. The van der Waals surface area contributed by atoms with Crippen LogP contribution in [0.4, 0.5) is 5.69 Å². The van der Waals surface area contributed by atoms with Gasteiger partial charge in [0.1, 0.15) is 6.07 Å². The Morgan fingerprint density at radius 3 is 2.77 bits per heavy atom. The van der Waals surface area contributed by atoms with Crippen LogP contribution in [0.5, 0.6) is 0 Å². The molecule has 3 heteroatoms. The molecule has 0 amide bonds. The predicted molar refractivity (Wildman–Crippen MR) is 87.8 cm³/mol. The van der Waals surface area contributed by atoms with E-state index in [-0.39, 0.29) is 0 Å². The van der Waals surface area contributed by atoms with Crippen molar-refractivity contribution in [1.29, 1.82) is 5.26 Å². The molecule has 0 N–H and O–H groups in total. The summed E-state index contributed by atoms with van der Waals surface area (Å²) in [6.45, 7) is 3.36. The molecule has 2 aromatic rings. The second-order valence-corrected chi connectivity index (χ2v) is 5.55. The fourth-order valence-corrected chi connectivity index (χ4v) is 2.97. The van der Waals surface area contributed by atoms with Gasteiger partial charge in [-0.25, -0.2) is 0 Å². The number of anilines is 1. The van der Waals surface area contributed by atoms with E-state index in [0.717, 1.165) is 43.8 Å². The van der Waals surface area contributed by atoms with Gasteiger partial charge in [-0.15, -0.1) is 0 Å². The molecule has 22 heavy (non-hydrogen) atoms. The molecule has 0 radical (unpaired) electrons. The highest BCUT2D eigenvalue weighted by Crippen LogP contribution is 2.31. The first-order chi connectivity index (χ1) is 10.9. The zero-order valence-electron chi connectivity index (χ0n) is 12.7. The number of rotatable bonds is 6. The van der Waals surface area contributed by atoms with Crippen LogP contribution in [-0.4, -0.2) is 19.7 Å². The van der Waals surface area contributed by atoms with Crippen LogP contribution in [0.25, 0.3) is 0 Å². The lowest BCUT2D eigenvalue weighted by Gasteiger charge is -2.20. The normalized spacial score (nSPS) is 13.0. The van der Waals surface area contributed by atoms with E-state index in [2.05, 4.69) is 29.2 Å². The van der Waals surface area contributed by atoms with Crippen LogP contribution >= 0.6 is 0 Å². The van der Waals surface area contributed by atoms with Gasteiger partial charge in [0.25, 0.3) is 0 Å². The summed E-state index contributed by atoms with van der Waals surface area (Å²) >= 11 is 0. The molecule has 3 rings (SSSR count). The van der Waals surface area contributed by atoms with E-state index in [4.69, 9.17) is 4.74 Å². The summed E-state index contributed by atoms with van der Waals surface area (Å²) in [7, 11) is 0. The molecule has 112 valence electrons. The summed E-state index contributed by atoms with van der Waals surface area (Å²) < 4.78 is 5.73. The van der Waals surface area contributed by atoms with Gasteiger partial charge in [0.2, 0.25) is 0 Å². The zero-order chi connectivity index (χ0) is 15.2. The number of hydrogen-bond acceptors (Lipinski definition) is 3. The number of fused-ring (bicyclic) bond motifs is 1. The van der Waals surface area contributed by atoms with Crippen molar-refractivity contribution in [3.8, 4) is 6.07 Å². The van der Waals surface area contributed by atoms with Gasteiger partial charge in [-0.3, -0.25) is 0 Å². The fraction of sp³-hybridized carbons (Fsp3) is 0.316. The summed E-state index contributed by atoms with van der Waals surface area (Å²) in [5.74, 6) is 0. The summed E-state index contributed by atoms with van der Waals surface area (Å²) in [5.41, 5.74) is 4.43. The van der Waals surface area contributed by atoms with Crippen LogP contribution in [-0.2, 0) is 17.8 Å². The second kappa shape index (κ2) is 7.11. The maximum absolute atomic E-state index is 9.25. The van der Waals surface area contributed by atoms with Crippen molar-refractivity contribution in [2.75, 3.05) is 24.6 Å². The monoisotopic (exact) mass is 292 g/mol. The molecule has 0 unspecified atom stereocenters. The Morgan fingerprint density at radius 2 is 1.95 bits per heavy atom. The smallest absolute Gasteiger partial charge is 0.101 e. The first kappa shape index (κ1) is 14.6. The first-order valence-electron chi connectivity index (χ1n) is 7.77. The Kier molecular flexibility index (Phi) is 4.72. The Hall–Kier alpha value is -2.31. The van der Waals surface area contributed by atoms with Crippen molar-refractivity contribution in [3.63, 3.8) is 0 Å². The number of ether oxygens (including phenoxy) is 1. The molecule has 0 spiro atoms. The van der Waals surface area contributed by atoms with Gasteiger partial charge in [0.05, 0.1) is 17.9 Å². The molecule has 1 aliphatic rings. The van der Waals surface area contributed by atoms with Gasteiger partial charge in [-0.2, -0.15) is 5.26 Å². The molecule has 0 saturated carbocycles. The minimum Gasteiger partial charge on any atom is -0.377 e. The molecule has 1 heterocycles. The van der Waals surface area contributed by atoms with E-state index in [0.29, 0.717) is 6.61 Å². The highest BCUT2D eigenvalue weighted by atomic mass is 16.5. The minimum absolute atomic E-state index is 0.668. The van der Waals surface area contributed by atoms with Crippen molar-refractivity contribution in [3.05, 3.63) is 65.2 Å². The van der Waals surface area contributed by atoms with E-state index < -0.39 is 0 Å². The Balaban J connectivity index is 1.47. The Labute approximate surface area is 131 Å². The summed E-state index contributed by atoms with van der Waals surface area (Å²) in [5, 5.41) is 9.25. The second-order valence-electron chi connectivity index (χ2n) is 5.55. The molecular formula is C19H20N2O. The number of benzene rings is 2. The SMILES string of the molecule is N#Cc1cccc2c1N(CCCOCc1ccccc1)CC2.